The minimum absolute atomic E-state index is 0.0237. The quantitative estimate of drug-likeness (QED) is 0.450. The molecule has 1 aliphatic heterocycles. The summed E-state index contributed by atoms with van der Waals surface area (Å²) in [4.78, 5) is 35.6. The molecule has 9 nitrogen and oxygen atoms in total. The Balaban J connectivity index is 1.76. The van der Waals surface area contributed by atoms with Crippen LogP contribution in [0.2, 0.25) is 0 Å². The first kappa shape index (κ1) is 20.3. The fourth-order valence-corrected chi connectivity index (χ4v) is 3.50. The number of hydrogen-bond donors (Lipinski definition) is 1. The van der Waals surface area contributed by atoms with E-state index in [2.05, 4.69) is 0 Å². The number of nitrogens with zero attached hydrogens (tertiary/aromatic N) is 2. The minimum atomic E-state index is -1.12. The van der Waals surface area contributed by atoms with E-state index in [9.17, 15) is 24.8 Å². The molecule has 0 aromatic heterocycles. The number of benzene rings is 2. The average molecular weight is 400 g/mol. The molecule has 1 saturated heterocycles. The second kappa shape index (κ2) is 8.70. The summed E-state index contributed by atoms with van der Waals surface area (Å²) in [6.07, 6.45) is -2.15. The van der Waals surface area contributed by atoms with Gasteiger partial charge in [-0.25, -0.2) is 9.59 Å². The number of amides is 1. The number of esters is 1. The lowest BCUT2D eigenvalue weighted by atomic mass is 10.0. The maximum absolute atomic E-state index is 12.5. The molecule has 3 unspecified atom stereocenters. The standard InChI is InChI=1S/C20H20N2O7/c1-28-18-16(11-13-5-3-2-4-6-13)21(20(24)25)12-17(18)29-19(23)14-7-9-15(10-8-14)22(26)27/h2-10,16-18H,11-12H2,1H3,(H,24,25). The summed E-state index contributed by atoms with van der Waals surface area (Å²) in [5.74, 6) is -0.697. The molecule has 1 heterocycles. The van der Waals surface area contributed by atoms with Crippen LogP contribution in [-0.4, -0.2) is 58.9 Å². The molecule has 1 aliphatic rings. The lowest BCUT2D eigenvalue weighted by Crippen LogP contribution is -2.41. The van der Waals surface area contributed by atoms with Crippen LogP contribution in [0.1, 0.15) is 15.9 Å². The third-order valence-electron chi connectivity index (χ3n) is 4.90. The van der Waals surface area contributed by atoms with Crippen molar-refractivity contribution in [2.45, 2.75) is 24.7 Å². The number of non-ortho nitro benzene ring substituents is 1. The molecule has 29 heavy (non-hydrogen) atoms. The van der Waals surface area contributed by atoms with Crippen molar-refractivity contribution >= 4 is 17.7 Å². The van der Waals surface area contributed by atoms with E-state index < -0.39 is 35.2 Å². The molecule has 2 aromatic carbocycles. The second-order valence-electron chi connectivity index (χ2n) is 6.64. The maximum atomic E-state index is 12.5. The highest BCUT2D eigenvalue weighted by atomic mass is 16.6. The smallest absolute Gasteiger partial charge is 0.407 e. The molecule has 0 radical (unpaired) electrons. The molecule has 152 valence electrons. The van der Waals surface area contributed by atoms with Gasteiger partial charge in [0, 0.05) is 19.2 Å². The van der Waals surface area contributed by atoms with Crippen LogP contribution in [-0.2, 0) is 15.9 Å². The van der Waals surface area contributed by atoms with Gasteiger partial charge >= 0.3 is 12.1 Å². The summed E-state index contributed by atoms with van der Waals surface area (Å²) in [5, 5.41) is 20.3. The first-order valence-electron chi connectivity index (χ1n) is 8.92. The highest BCUT2D eigenvalue weighted by Gasteiger charge is 2.46. The Morgan fingerprint density at radius 1 is 1.17 bits per heavy atom. The van der Waals surface area contributed by atoms with Gasteiger partial charge < -0.3 is 14.6 Å². The van der Waals surface area contributed by atoms with Crippen molar-refractivity contribution in [2.24, 2.45) is 0 Å². The second-order valence-corrected chi connectivity index (χ2v) is 6.64. The van der Waals surface area contributed by atoms with E-state index >= 15 is 0 Å². The molecule has 1 fully saturated rings. The third kappa shape index (κ3) is 4.52. The van der Waals surface area contributed by atoms with Crippen LogP contribution in [0.4, 0.5) is 10.5 Å². The molecule has 3 rings (SSSR count). The summed E-state index contributed by atoms with van der Waals surface area (Å²) in [7, 11) is 1.45. The summed E-state index contributed by atoms with van der Waals surface area (Å²) in [5.41, 5.74) is 0.934. The van der Waals surface area contributed by atoms with Gasteiger partial charge in [-0.1, -0.05) is 30.3 Å². The average Bonchev–Trinajstić information content (AvgIpc) is 3.05. The Morgan fingerprint density at radius 2 is 1.83 bits per heavy atom. The van der Waals surface area contributed by atoms with Crippen molar-refractivity contribution in [2.75, 3.05) is 13.7 Å². The Bertz CT molecular complexity index is 885. The molecule has 9 heteroatoms. The zero-order valence-corrected chi connectivity index (χ0v) is 15.6. The van der Waals surface area contributed by atoms with Gasteiger partial charge in [0.15, 0.2) is 0 Å². The van der Waals surface area contributed by atoms with Gasteiger partial charge in [-0.2, -0.15) is 0 Å². The van der Waals surface area contributed by atoms with Crippen LogP contribution < -0.4 is 0 Å². The van der Waals surface area contributed by atoms with Crippen molar-refractivity contribution in [1.29, 1.82) is 0 Å². The van der Waals surface area contributed by atoms with Gasteiger partial charge in [0.05, 0.1) is 23.1 Å². The molecule has 2 aromatic rings. The van der Waals surface area contributed by atoms with Crippen LogP contribution in [0, 0.1) is 10.1 Å². The number of carbonyl (C=O) groups is 2. The van der Waals surface area contributed by atoms with Crippen molar-refractivity contribution in [3.05, 3.63) is 75.8 Å². The van der Waals surface area contributed by atoms with Crippen LogP contribution in [0.15, 0.2) is 54.6 Å². The number of likely N-dealkylation sites (tertiary alicyclic amines) is 1. The first-order chi connectivity index (χ1) is 13.9. The fourth-order valence-electron chi connectivity index (χ4n) is 3.50. The lowest BCUT2D eigenvalue weighted by molar-refractivity contribution is -0.384. The summed E-state index contributed by atoms with van der Waals surface area (Å²) in [6.45, 7) is -0.0237. The number of nitro benzene ring substituents is 1. The monoisotopic (exact) mass is 400 g/mol. The normalized spacial score (nSPS) is 21.0. The van der Waals surface area contributed by atoms with E-state index in [0.29, 0.717) is 6.42 Å². The SMILES string of the molecule is COC1C(OC(=O)c2ccc([N+](=O)[O-])cc2)CN(C(=O)O)C1Cc1ccccc1. The van der Waals surface area contributed by atoms with Crippen molar-refractivity contribution in [3.63, 3.8) is 0 Å². The van der Waals surface area contributed by atoms with Crippen LogP contribution >= 0.6 is 0 Å². The molecule has 3 atom stereocenters. The molecular weight excluding hydrogens is 380 g/mol. The minimum Gasteiger partial charge on any atom is -0.465 e. The van der Waals surface area contributed by atoms with Crippen LogP contribution in [0.3, 0.4) is 0 Å². The van der Waals surface area contributed by atoms with Gasteiger partial charge in [-0.3, -0.25) is 15.0 Å². The number of rotatable bonds is 6. The predicted octanol–water partition coefficient (Wildman–Crippen LogP) is 2.74. The molecule has 0 bridgehead atoms. The Labute approximate surface area is 166 Å². The number of ether oxygens (including phenoxy) is 2. The summed E-state index contributed by atoms with van der Waals surface area (Å²) in [6, 6.07) is 13.9. The number of methoxy groups -OCH3 is 1. The largest absolute Gasteiger partial charge is 0.465 e. The van der Waals surface area contributed by atoms with Gasteiger partial charge in [0.25, 0.3) is 5.69 Å². The van der Waals surface area contributed by atoms with Gasteiger partial charge in [0.2, 0.25) is 0 Å². The zero-order chi connectivity index (χ0) is 21.0. The fraction of sp³-hybridized carbons (Fsp3) is 0.300. The number of nitro groups is 1. The Kier molecular flexibility index (Phi) is 6.08. The molecular formula is C20H20N2O7. The molecule has 0 spiro atoms. The molecule has 1 amide bonds. The van der Waals surface area contributed by atoms with Gasteiger partial charge in [0.1, 0.15) is 12.2 Å². The third-order valence-corrected chi connectivity index (χ3v) is 4.90. The number of carboxylic acid groups (broad SMARTS) is 1. The van der Waals surface area contributed by atoms with Crippen LogP contribution in [0.25, 0.3) is 0 Å². The van der Waals surface area contributed by atoms with E-state index in [1.54, 1.807) is 0 Å². The van der Waals surface area contributed by atoms with E-state index in [1.807, 2.05) is 30.3 Å². The molecule has 0 aliphatic carbocycles. The maximum Gasteiger partial charge on any atom is 0.407 e. The zero-order valence-electron chi connectivity index (χ0n) is 15.6. The number of hydrogen-bond acceptors (Lipinski definition) is 6. The summed E-state index contributed by atoms with van der Waals surface area (Å²) >= 11 is 0. The first-order valence-corrected chi connectivity index (χ1v) is 8.92. The summed E-state index contributed by atoms with van der Waals surface area (Å²) < 4.78 is 11.0. The van der Waals surface area contributed by atoms with Crippen LogP contribution in [0.5, 0.6) is 0 Å². The van der Waals surface area contributed by atoms with E-state index in [-0.39, 0.29) is 17.8 Å². The highest BCUT2D eigenvalue weighted by Crippen LogP contribution is 2.27. The number of carbonyl (C=O) groups excluding carboxylic acids is 1. The van der Waals surface area contributed by atoms with Crippen molar-refractivity contribution in [1.82, 2.24) is 4.90 Å². The van der Waals surface area contributed by atoms with Crippen molar-refractivity contribution in [3.8, 4) is 0 Å². The van der Waals surface area contributed by atoms with E-state index in [0.717, 1.165) is 5.56 Å². The molecule has 0 saturated carbocycles. The van der Waals surface area contributed by atoms with Gasteiger partial charge in [-0.05, 0) is 24.1 Å². The Morgan fingerprint density at radius 3 is 2.38 bits per heavy atom. The van der Waals surface area contributed by atoms with E-state index in [1.165, 1.54) is 36.3 Å². The molecule has 1 N–H and O–H groups in total. The van der Waals surface area contributed by atoms with E-state index in [4.69, 9.17) is 9.47 Å². The van der Waals surface area contributed by atoms with Gasteiger partial charge in [-0.15, -0.1) is 0 Å². The highest BCUT2D eigenvalue weighted by molar-refractivity contribution is 5.89. The Hall–Kier alpha value is -3.46. The predicted molar refractivity (Wildman–Crippen MR) is 102 cm³/mol. The van der Waals surface area contributed by atoms with Crippen molar-refractivity contribution < 1.29 is 29.1 Å². The topological polar surface area (TPSA) is 119 Å². The lowest BCUT2D eigenvalue weighted by Gasteiger charge is -2.25.